The first-order valence-corrected chi connectivity index (χ1v) is 10.9. The molecule has 0 aliphatic heterocycles. The lowest BCUT2D eigenvalue weighted by Crippen LogP contribution is -2.53. The minimum atomic E-state index is -0.789. The highest BCUT2D eigenvalue weighted by Gasteiger charge is 2.24. The summed E-state index contributed by atoms with van der Waals surface area (Å²) in [5.41, 5.74) is 6.10. The Morgan fingerprint density at radius 1 is 0.969 bits per heavy atom. The number of nitrogens with one attached hydrogen (secondary N) is 5. The molecule has 1 aromatic carbocycles. The van der Waals surface area contributed by atoms with Crippen LogP contribution in [0.1, 0.15) is 45.6 Å². The van der Waals surface area contributed by atoms with Crippen molar-refractivity contribution in [3.05, 3.63) is 42.0 Å². The van der Waals surface area contributed by atoms with Gasteiger partial charge in [0, 0.05) is 19.2 Å². The molecule has 2 unspecified atom stereocenters. The second-order valence-electron chi connectivity index (χ2n) is 8.00. The first kappa shape index (κ1) is 26.7. The molecule has 0 saturated carbocycles. The number of carbonyl (C=O) groups excluding carboxylic acids is 3. The topological polar surface area (TPSA) is 149 Å². The lowest BCUT2D eigenvalue weighted by molar-refractivity contribution is -0.131. The van der Waals surface area contributed by atoms with E-state index in [2.05, 4.69) is 21.3 Å². The molecule has 0 bridgehead atoms. The highest BCUT2D eigenvalue weighted by molar-refractivity contribution is 5.96. The largest absolute Gasteiger partial charge is 0.370 e. The molecule has 0 radical (unpaired) electrons. The summed E-state index contributed by atoms with van der Waals surface area (Å²) in [7, 11) is 0. The summed E-state index contributed by atoms with van der Waals surface area (Å²) < 4.78 is 0. The Morgan fingerprint density at radius 2 is 1.59 bits per heavy atom. The van der Waals surface area contributed by atoms with Crippen LogP contribution in [0.3, 0.4) is 0 Å². The maximum absolute atomic E-state index is 12.6. The van der Waals surface area contributed by atoms with Crippen molar-refractivity contribution in [1.29, 1.82) is 5.41 Å². The molecule has 0 aliphatic carbocycles. The molecule has 1 aromatic rings. The molecule has 0 heterocycles. The third kappa shape index (κ3) is 11.7. The summed E-state index contributed by atoms with van der Waals surface area (Å²) >= 11 is 0. The monoisotopic (exact) mass is 444 g/mol. The Kier molecular flexibility index (Phi) is 12.2. The smallest absolute Gasteiger partial charge is 0.244 e. The lowest BCUT2D eigenvalue weighted by Gasteiger charge is -2.22. The molecule has 9 nitrogen and oxygen atoms in total. The van der Waals surface area contributed by atoms with Crippen LogP contribution in [0, 0.1) is 11.3 Å². The molecule has 0 saturated heterocycles. The molecular weight excluding hydrogens is 408 g/mol. The Hall–Kier alpha value is -3.36. The predicted molar refractivity (Wildman–Crippen MR) is 127 cm³/mol. The van der Waals surface area contributed by atoms with Gasteiger partial charge in [0.05, 0.1) is 0 Å². The van der Waals surface area contributed by atoms with Crippen LogP contribution in [0.15, 0.2) is 36.4 Å². The van der Waals surface area contributed by atoms with E-state index in [1.807, 2.05) is 44.2 Å². The first-order chi connectivity index (χ1) is 15.2. The van der Waals surface area contributed by atoms with E-state index in [1.165, 1.54) is 6.08 Å². The van der Waals surface area contributed by atoms with Crippen molar-refractivity contribution in [2.75, 3.05) is 13.1 Å². The summed E-state index contributed by atoms with van der Waals surface area (Å²) in [5, 5.41) is 18.0. The SMILES string of the molecule is CC(C)CC(NC(=O)C(C)NC(=O)/C=C/c1ccccc1)C(=O)NCCCCNC(=N)N. The van der Waals surface area contributed by atoms with Gasteiger partial charge < -0.3 is 27.0 Å². The molecule has 2 atom stereocenters. The van der Waals surface area contributed by atoms with Gasteiger partial charge >= 0.3 is 0 Å². The van der Waals surface area contributed by atoms with Crippen LogP contribution in [0.4, 0.5) is 0 Å². The van der Waals surface area contributed by atoms with E-state index in [4.69, 9.17) is 11.1 Å². The maximum atomic E-state index is 12.6. The van der Waals surface area contributed by atoms with Gasteiger partial charge in [-0.25, -0.2) is 0 Å². The van der Waals surface area contributed by atoms with Crippen molar-refractivity contribution in [1.82, 2.24) is 21.3 Å². The van der Waals surface area contributed by atoms with Crippen LogP contribution in [0.25, 0.3) is 6.08 Å². The number of hydrogen-bond donors (Lipinski definition) is 6. The zero-order valence-electron chi connectivity index (χ0n) is 19.1. The van der Waals surface area contributed by atoms with Gasteiger partial charge in [0.2, 0.25) is 17.7 Å². The molecule has 0 aliphatic rings. The molecule has 32 heavy (non-hydrogen) atoms. The Labute approximate surface area is 190 Å². The fourth-order valence-corrected chi connectivity index (χ4v) is 2.87. The van der Waals surface area contributed by atoms with E-state index in [-0.39, 0.29) is 23.7 Å². The number of hydrogen-bond acceptors (Lipinski definition) is 4. The molecule has 0 fully saturated rings. The Balaban J connectivity index is 2.51. The predicted octanol–water partition coefficient (Wildman–Crippen LogP) is 1.11. The number of benzene rings is 1. The summed E-state index contributed by atoms with van der Waals surface area (Å²) in [5.74, 6) is -0.942. The van der Waals surface area contributed by atoms with Crippen molar-refractivity contribution in [3.8, 4) is 0 Å². The van der Waals surface area contributed by atoms with Crippen LogP contribution < -0.4 is 27.0 Å². The Bertz CT molecular complexity index is 779. The third-order valence-electron chi connectivity index (χ3n) is 4.54. The second-order valence-corrected chi connectivity index (χ2v) is 8.00. The third-order valence-corrected chi connectivity index (χ3v) is 4.54. The standard InChI is InChI=1S/C23H36N6O3/c1-16(2)15-19(22(32)26-13-7-8-14-27-23(24)25)29-21(31)17(3)28-20(30)12-11-18-9-5-4-6-10-18/h4-6,9-12,16-17,19H,7-8,13-15H2,1-3H3,(H,26,32)(H,28,30)(H,29,31)(H4,24,25,27)/b12-11+. The van der Waals surface area contributed by atoms with Gasteiger partial charge in [-0.15, -0.1) is 0 Å². The fraction of sp³-hybridized carbons (Fsp3) is 0.478. The first-order valence-electron chi connectivity index (χ1n) is 10.9. The molecule has 0 spiro atoms. The zero-order valence-corrected chi connectivity index (χ0v) is 19.1. The fourth-order valence-electron chi connectivity index (χ4n) is 2.87. The van der Waals surface area contributed by atoms with Gasteiger partial charge in [-0.2, -0.15) is 0 Å². The number of guanidine groups is 1. The van der Waals surface area contributed by atoms with Crippen LogP contribution in [-0.4, -0.2) is 48.9 Å². The van der Waals surface area contributed by atoms with Gasteiger partial charge in [-0.05, 0) is 43.7 Å². The molecule has 3 amide bonds. The van der Waals surface area contributed by atoms with E-state index in [0.717, 1.165) is 12.0 Å². The second kappa shape index (κ2) is 14.6. The average Bonchev–Trinajstić information content (AvgIpc) is 2.74. The normalized spacial score (nSPS) is 12.8. The number of amides is 3. The van der Waals surface area contributed by atoms with Crippen molar-refractivity contribution < 1.29 is 14.4 Å². The zero-order chi connectivity index (χ0) is 23.9. The van der Waals surface area contributed by atoms with Crippen LogP contribution >= 0.6 is 0 Å². The Morgan fingerprint density at radius 3 is 2.19 bits per heavy atom. The highest BCUT2D eigenvalue weighted by Crippen LogP contribution is 2.06. The van der Waals surface area contributed by atoms with E-state index < -0.39 is 18.0 Å². The van der Waals surface area contributed by atoms with Gasteiger partial charge in [-0.3, -0.25) is 19.8 Å². The van der Waals surface area contributed by atoms with E-state index in [1.54, 1.807) is 13.0 Å². The van der Waals surface area contributed by atoms with Crippen LogP contribution in [0.2, 0.25) is 0 Å². The van der Waals surface area contributed by atoms with Gasteiger partial charge in [0.15, 0.2) is 5.96 Å². The van der Waals surface area contributed by atoms with Crippen LogP contribution in [0.5, 0.6) is 0 Å². The molecule has 176 valence electrons. The molecular formula is C23H36N6O3. The molecule has 1 rings (SSSR count). The van der Waals surface area contributed by atoms with E-state index in [0.29, 0.717) is 25.9 Å². The van der Waals surface area contributed by atoms with Crippen molar-refractivity contribution in [2.24, 2.45) is 11.7 Å². The minimum Gasteiger partial charge on any atom is -0.370 e. The van der Waals surface area contributed by atoms with Gasteiger partial charge in [0.1, 0.15) is 12.1 Å². The average molecular weight is 445 g/mol. The lowest BCUT2D eigenvalue weighted by atomic mass is 10.0. The summed E-state index contributed by atoms with van der Waals surface area (Å²) in [6.07, 6.45) is 4.99. The van der Waals surface area contributed by atoms with Gasteiger partial charge in [0.25, 0.3) is 0 Å². The number of nitrogens with two attached hydrogens (primary N) is 1. The summed E-state index contributed by atoms with van der Waals surface area (Å²) in [6.45, 7) is 6.54. The maximum Gasteiger partial charge on any atom is 0.244 e. The minimum absolute atomic E-state index is 0.0782. The molecule has 9 heteroatoms. The molecule has 0 aromatic heterocycles. The quantitative estimate of drug-likeness (QED) is 0.117. The number of rotatable bonds is 13. The van der Waals surface area contributed by atoms with Crippen LogP contribution in [-0.2, 0) is 14.4 Å². The van der Waals surface area contributed by atoms with Crippen molar-refractivity contribution in [2.45, 2.75) is 52.1 Å². The van der Waals surface area contributed by atoms with Crippen molar-refractivity contribution >= 4 is 29.8 Å². The van der Waals surface area contributed by atoms with E-state index in [9.17, 15) is 14.4 Å². The van der Waals surface area contributed by atoms with E-state index >= 15 is 0 Å². The summed E-state index contributed by atoms with van der Waals surface area (Å²) in [6, 6.07) is 7.90. The highest BCUT2D eigenvalue weighted by atomic mass is 16.2. The van der Waals surface area contributed by atoms with Crippen molar-refractivity contribution in [3.63, 3.8) is 0 Å². The molecule has 7 N–H and O–H groups in total. The summed E-state index contributed by atoms with van der Waals surface area (Å²) in [4.78, 5) is 37.2. The number of unbranched alkanes of at least 4 members (excludes halogenated alkanes) is 1. The number of carbonyl (C=O) groups is 3. The van der Waals surface area contributed by atoms with Gasteiger partial charge in [-0.1, -0.05) is 44.2 Å².